The molecule has 2 aliphatic heterocycles. The monoisotopic (exact) mass is 398 g/mol. The largest absolute Gasteiger partial charge is 0.343 e. The van der Waals surface area contributed by atoms with Crippen molar-refractivity contribution in [3.8, 4) is 0 Å². The van der Waals surface area contributed by atoms with E-state index in [1.165, 1.54) is 22.5 Å². The topological polar surface area (TPSA) is 59.2 Å². The number of hydrogen-bond acceptors (Lipinski definition) is 4. The molecule has 7 nitrogen and oxygen atoms in total. The molecule has 0 aromatic carbocycles. The molecule has 1 saturated heterocycles. The maximum atomic E-state index is 12.5. The molecule has 4 rings (SSSR count). The average Bonchev–Trinajstić information content (AvgIpc) is 3.42. The van der Waals surface area contributed by atoms with Gasteiger partial charge in [-0.25, -0.2) is 0 Å². The molecular weight excluding hydrogens is 364 g/mol. The first-order chi connectivity index (χ1) is 14.0. The van der Waals surface area contributed by atoms with Gasteiger partial charge in [0.15, 0.2) is 0 Å². The first-order valence-corrected chi connectivity index (χ1v) is 11.0. The molecule has 1 fully saturated rings. The van der Waals surface area contributed by atoms with Crippen molar-refractivity contribution in [1.82, 2.24) is 29.4 Å². The normalized spacial score (nSPS) is 17.2. The minimum atomic E-state index is 0.285. The fourth-order valence-corrected chi connectivity index (χ4v) is 4.91. The third-order valence-corrected chi connectivity index (χ3v) is 6.65. The van der Waals surface area contributed by atoms with E-state index in [0.717, 1.165) is 76.3 Å². The van der Waals surface area contributed by atoms with Gasteiger partial charge in [0.1, 0.15) is 0 Å². The van der Waals surface area contributed by atoms with Gasteiger partial charge in [-0.15, -0.1) is 0 Å². The van der Waals surface area contributed by atoms with Crippen LogP contribution >= 0.6 is 0 Å². The molecule has 2 aliphatic rings. The molecule has 1 amide bonds. The molecule has 0 saturated carbocycles. The van der Waals surface area contributed by atoms with Crippen molar-refractivity contribution in [3.63, 3.8) is 0 Å². The van der Waals surface area contributed by atoms with Gasteiger partial charge in [0.25, 0.3) is 0 Å². The molecule has 0 bridgehead atoms. The van der Waals surface area contributed by atoms with Crippen LogP contribution in [0.4, 0.5) is 0 Å². The van der Waals surface area contributed by atoms with Gasteiger partial charge < -0.3 is 4.90 Å². The van der Waals surface area contributed by atoms with Crippen LogP contribution in [0.25, 0.3) is 0 Å². The maximum Gasteiger partial charge on any atom is 0.222 e. The van der Waals surface area contributed by atoms with Gasteiger partial charge in [-0.05, 0) is 33.6 Å². The predicted octanol–water partition coefficient (Wildman–Crippen LogP) is 2.37. The van der Waals surface area contributed by atoms with Gasteiger partial charge >= 0.3 is 0 Å². The van der Waals surface area contributed by atoms with Crippen molar-refractivity contribution in [2.24, 2.45) is 7.05 Å². The van der Waals surface area contributed by atoms with Crippen LogP contribution in [0.5, 0.6) is 0 Å². The van der Waals surface area contributed by atoms with Crippen molar-refractivity contribution < 1.29 is 4.79 Å². The fourth-order valence-electron chi connectivity index (χ4n) is 4.91. The first kappa shape index (κ1) is 20.1. The Balaban J connectivity index is 1.45. The molecule has 0 N–H and O–H groups in total. The van der Waals surface area contributed by atoms with Crippen molar-refractivity contribution >= 4 is 5.91 Å². The van der Waals surface area contributed by atoms with Crippen LogP contribution in [0.2, 0.25) is 0 Å². The number of nitrogens with zero attached hydrogens (tertiary/aromatic N) is 6. The summed E-state index contributed by atoms with van der Waals surface area (Å²) in [5, 5.41) is 9.47. The minimum absolute atomic E-state index is 0.285. The van der Waals surface area contributed by atoms with E-state index in [0.29, 0.717) is 6.42 Å². The highest BCUT2D eigenvalue weighted by atomic mass is 16.2. The maximum absolute atomic E-state index is 12.5. The Kier molecular flexibility index (Phi) is 5.76. The van der Waals surface area contributed by atoms with Crippen molar-refractivity contribution in [3.05, 3.63) is 33.9 Å². The Morgan fingerprint density at radius 2 is 1.86 bits per heavy atom. The summed E-state index contributed by atoms with van der Waals surface area (Å²) in [5.74, 6) is 0.285. The van der Waals surface area contributed by atoms with Crippen LogP contribution in [0.15, 0.2) is 0 Å². The molecule has 29 heavy (non-hydrogen) atoms. The highest BCUT2D eigenvalue weighted by Gasteiger charge is 2.26. The number of carbonyl (C=O) groups is 1. The third-order valence-electron chi connectivity index (χ3n) is 6.65. The lowest BCUT2D eigenvalue weighted by Gasteiger charge is -2.27. The number of aromatic nitrogens is 4. The van der Waals surface area contributed by atoms with Crippen LogP contribution in [0.1, 0.15) is 60.1 Å². The Hall–Kier alpha value is -2.15. The zero-order valence-electron chi connectivity index (χ0n) is 18.4. The minimum Gasteiger partial charge on any atom is -0.343 e. The molecular formula is C22H34N6O. The van der Waals surface area contributed by atoms with Gasteiger partial charge in [-0.3, -0.25) is 19.1 Å². The van der Waals surface area contributed by atoms with E-state index in [4.69, 9.17) is 5.10 Å². The van der Waals surface area contributed by atoms with E-state index in [2.05, 4.69) is 35.5 Å². The van der Waals surface area contributed by atoms with Gasteiger partial charge in [0.2, 0.25) is 5.91 Å². The smallest absolute Gasteiger partial charge is 0.222 e. The Bertz CT molecular complexity index is 890. The standard InChI is InChI=1S/C22H34N6O/c1-5-28-17(3)18(16(2)23-28)14-26-13-10-21-19(15-26)20(24-25(21)4)8-9-22(29)27-11-6-7-12-27/h5-15H2,1-4H3. The van der Waals surface area contributed by atoms with E-state index in [-0.39, 0.29) is 5.91 Å². The Labute approximate surface area is 173 Å². The summed E-state index contributed by atoms with van der Waals surface area (Å²) in [6.45, 7) is 12.1. The molecule has 2 aromatic rings. The summed E-state index contributed by atoms with van der Waals surface area (Å²) in [7, 11) is 2.04. The summed E-state index contributed by atoms with van der Waals surface area (Å²) in [6, 6.07) is 0. The van der Waals surface area contributed by atoms with E-state index in [1.54, 1.807) is 0 Å². The van der Waals surface area contributed by atoms with Gasteiger partial charge in [0, 0.05) is 88.1 Å². The predicted molar refractivity (Wildman–Crippen MR) is 113 cm³/mol. The Morgan fingerprint density at radius 3 is 2.55 bits per heavy atom. The second-order valence-corrected chi connectivity index (χ2v) is 8.51. The molecule has 4 heterocycles. The summed E-state index contributed by atoms with van der Waals surface area (Å²) >= 11 is 0. The van der Waals surface area contributed by atoms with E-state index in [9.17, 15) is 4.79 Å². The number of fused-ring (bicyclic) bond motifs is 1. The van der Waals surface area contributed by atoms with Gasteiger partial charge in [-0.2, -0.15) is 10.2 Å². The van der Waals surface area contributed by atoms with Gasteiger partial charge in [-0.1, -0.05) is 0 Å². The number of aryl methyl sites for hydroxylation is 4. The summed E-state index contributed by atoms with van der Waals surface area (Å²) < 4.78 is 4.13. The Morgan fingerprint density at radius 1 is 1.10 bits per heavy atom. The van der Waals surface area contributed by atoms with Crippen LogP contribution < -0.4 is 0 Å². The molecule has 158 valence electrons. The molecule has 7 heteroatoms. The van der Waals surface area contributed by atoms with E-state index in [1.807, 2.05) is 16.6 Å². The van der Waals surface area contributed by atoms with E-state index >= 15 is 0 Å². The number of likely N-dealkylation sites (tertiary alicyclic amines) is 1. The summed E-state index contributed by atoms with van der Waals surface area (Å²) in [4.78, 5) is 17.0. The molecule has 0 atom stereocenters. The SMILES string of the molecule is CCn1nc(C)c(CN2CCc3c(c(CCC(=O)N4CCCC4)nn3C)C2)c1C. The van der Waals surface area contributed by atoms with Crippen molar-refractivity contribution in [2.45, 2.75) is 72.5 Å². The molecule has 0 radical (unpaired) electrons. The summed E-state index contributed by atoms with van der Waals surface area (Å²) in [5.41, 5.74) is 7.55. The van der Waals surface area contributed by atoms with Crippen LogP contribution in [-0.4, -0.2) is 54.9 Å². The number of carbonyl (C=O) groups excluding carboxylic acids is 1. The molecule has 0 unspecified atom stereocenters. The van der Waals surface area contributed by atoms with Crippen molar-refractivity contribution in [1.29, 1.82) is 0 Å². The number of amides is 1. The fraction of sp³-hybridized carbons (Fsp3) is 0.682. The lowest BCUT2D eigenvalue weighted by atomic mass is 10.0. The lowest BCUT2D eigenvalue weighted by Crippen LogP contribution is -2.31. The molecule has 0 aliphatic carbocycles. The zero-order valence-corrected chi connectivity index (χ0v) is 18.4. The van der Waals surface area contributed by atoms with Crippen molar-refractivity contribution in [2.75, 3.05) is 19.6 Å². The van der Waals surface area contributed by atoms with Crippen LogP contribution in [0.3, 0.4) is 0 Å². The van der Waals surface area contributed by atoms with Crippen LogP contribution in [-0.2, 0) is 44.3 Å². The average molecular weight is 399 g/mol. The zero-order chi connectivity index (χ0) is 20.5. The second-order valence-electron chi connectivity index (χ2n) is 8.51. The third kappa shape index (κ3) is 3.97. The summed E-state index contributed by atoms with van der Waals surface area (Å²) in [6.07, 6.45) is 4.63. The molecule has 2 aromatic heterocycles. The first-order valence-electron chi connectivity index (χ1n) is 11.0. The number of rotatable bonds is 6. The van der Waals surface area contributed by atoms with Crippen LogP contribution in [0, 0.1) is 13.8 Å². The highest BCUT2D eigenvalue weighted by molar-refractivity contribution is 5.76. The second kappa shape index (κ2) is 8.30. The molecule has 0 spiro atoms. The quantitative estimate of drug-likeness (QED) is 0.750. The van der Waals surface area contributed by atoms with Gasteiger partial charge in [0.05, 0.1) is 11.4 Å². The lowest BCUT2D eigenvalue weighted by molar-refractivity contribution is -0.130. The number of hydrogen-bond donors (Lipinski definition) is 0. The highest BCUT2D eigenvalue weighted by Crippen LogP contribution is 2.26. The van der Waals surface area contributed by atoms with E-state index < -0.39 is 0 Å².